The summed E-state index contributed by atoms with van der Waals surface area (Å²) in [6.07, 6.45) is -10.7. The summed E-state index contributed by atoms with van der Waals surface area (Å²) in [5.74, 6) is -5.32. The van der Waals surface area contributed by atoms with Gasteiger partial charge in [0.05, 0.1) is 31.0 Å². The average Bonchev–Trinajstić information content (AvgIpc) is 3.52. The first-order valence-corrected chi connectivity index (χ1v) is 13.1. The third kappa shape index (κ3) is 6.38. The van der Waals surface area contributed by atoms with Gasteiger partial charge in [-0.2, -0.15) is 31.4 Å². The number of rotatable bonds is 7. The Morgan fingerprint density at radius 2 is 1.67 bits per heavy atom. The van der Waals surface area contributed by atoms with E-state index in [1.807, 2.05) is 5.32 Å². The number of aliphatic hydroxyl groups is 1. The van der Waals surface area contributed by atoms with Gasteiger partial charge in [-0.25, -0.2) is 23.3 Å². The fraction of sp³-hybridized carbons (Fsp3) is 0.462. The molecule has 250 valence electrons. The fourth-order valence-electron chi connectivity index (χ4n) is 4.47. The number of halogens is 8. The van der Waals surface area contributed by atoms with Crippen LogP contribution in [0.25, 0.3) is 16.8 Å². The number of fused-ring (bicyclic) bond motifs is 1. The highest BCUT2D eigenvalue weighted by Gasteiger charge is 2.58. The van der Waals surface area contributed by atoms with Gasteiger partial charge in [0.1, 0.15) is 23.6 Å². The summed E-state index contributed by atoms with van der Waals surface area (Å²) in [6, 6.07) is 0.0578. The number of nitrogens with one attached hydrogen (secondary N) is 2. The Morgan fingerprint density at radius 3 is 2.24 bits per heavy atom. The second kappa shape index (κ2) is 11.6. The average molecular weight is 668 g/mol. The topological polar surface area (TPSA) is 151 Å². The first-order chi connectivity index (χ1) is 21.1. The minimum Gasteiger partial charge on any atom is -0.480 e. The maximum atomic E-state index is 14.8. The van der Waals surface area contributed by atoms with Crippen LogP contribution in [0.3, 0.4) is 0 Å². The molecule has 1 saturated heterocycles. The predicted octanol–water partition coefficient (Wildman–Crippen LogP) is 3.10. The van der Waals surface area contributed by atoms with E-state index in [9.17, 15) is 54.6 Å². The Balaban J connectivity index is 1.70. The molecule has 0 spiro atoms. The molecule has 3 atom stereocenters. The molecule has 3 amide bonds. The van der Waals surface area contributed by atoms with Crippen LogP contribution < -0.4 is 15.4 Å². The molecule has 0 unspecified atom stereocenters. The summed E-state index contributed by atoms with van der Waals surface area (Å²) in [5.41, 5.74) is -9.39. The lowest BCUT2D eigenvalue weighted by Gasteiger charge is -2.29. The van der Waals surface area contributed by atoms with Crippen molar-refractivity contribution in [3.05, 3.63) is 35.8 Å². The quantitative estimate of drug-likeness (QED) is 0.326. The summed E-state index contributed by atoms with van der Waals surface area (Å²) in [4.78, 5) is 45.7. The van der Waals surface area contributed by atoms with E-state index in [1.165, 1.54) is 0 Å². The van der Waals surface area contributed by atoms with Gasteiger partial charge in [0, 0.05) is 18.3 Å². The molecule has 1 aliphatic rings. The van der Waals surface area contributed by atoms with Crippen molar-refractivity contribution < 1.29 is 59.4 Å². The molecule has 3 N–H and O–H groups in total. The second-order valence-electron chi connectivity index (χ2n) is 10.9. The Labute approximate surface area is 253 Å². The highest BCUT2D eigenvalue weighted by atomic mass is 19.4. The van der Waals surface area contributed by atoms with Crippen LogP contribution in [0, 0.1) is 0 Å². The van der Waals surface area contributed by atoms with Crippen LogP contribution in [-0.4, -0.2) is 97.2 Å². The summed E-state index contributed by atoms with van der Waals surface area (Å²) < 4.78 is 116. The van der Waals surface area contributed by atoms with E-state index in [2.05, 4.69) is 20.4 Å². The number of alkyl halides is 8. The molecular formula is C26H25F8N7O5. The van der Waals surface area contributed by atoms with E-state index < -0.39 is 89.1 Å². The van der Waals surface area contributed by atoms with Gasteiger partial charge in [-0.1, -0.05) is 0 Å². The van der Waals surface area contributed by atoms with Gasteiger partial charge < -0.3 is 25.4 Å². The van der Waals surface area contributed by atoms with E-state index in [0.29, 0.717) is 15.5 Å². The minimum atomic E-state index is -5.37. The lowest BCUT2D eigenvalue weighted by atomic mass is 10.1. The molecule has 3 aromatic rings. The summed E-state index contributed by atoms with van der Waals surface area (Å²) in [5, 5.41) is 17.7. The number of methoxy groups -OCH3 is 1. The SMILES string of the molecule is COc1ncc(-c2cc(C(F)(F)F)c3c(NC(=O)C(C)(C)F)ncnn23)cc1C(=O)N[C@@H]1CN(C(=O)[C@@](C)(O)C(F)(F)F)C[C@@H]1F. The zero-order valence-electron chi connectivity index (χ0n) is 24.2. The van der Waals surface area contributed by atoms with Crippen molar-refractivity contribution in [2.24, 2.45) is 0 Å². The number of ether oxygens (including phenoxy) is 1. The van der Waals surface area contributed by atoms with E-state index in [1.54, 1.807) is 0 Å². The molecule has 46 heavy (non-hydrogen) atoms. The maximum Gasteiger partial charge on any atom is 0.426 e. The van der Waals surface area contributed by atoms with Crippen LogP contribution in [0.4, 0.5) is 40.9 Å². The largest absolute Gasteiger partial charge is 0.480 e. The van der Waals surface area contributed by atoms with Gasteiger partial charge in [0.2, 0.25) is 11.5 Å². The van der Waals surface area contributed by atoms with E-state index in [4.69, 9.17) is 4.74 Å². The van der Waals surface area contributed by atoms with Gasteiger partial charge in [-0.05, 0) is 32.9 Å². The van der Waals surface area contributed by atoms with Gasteiger partial charge in [0.25, 0.3) is 17.7 Å². The van der Waals surface area contributed by atoms with Crippen molar-refractivity contribution in [1.29, 1.82) is 0 Å². The van der Waals surface area contributed by atoms with E-state index >= 15 is 0 Å². The zero-order valence-corrected chi connectivity index (χ0v) is 24.2. The molecule has 3 aromatic heterocycles. The lowest BCUT2D eigenvalue weighted by molar-refractivity contribution is -0.249. The first kappa shape index (κ1) is 34.3. The van der Waals surface area contributed by atoms with E-state index in [-0.39, 0.29) is 24.1 Å². The Bertz CT molecular complexity index is 1680. The molecule has 1 aliphatic heterocycles. The summed E-state index contributed by atoms with van der Waals surface area (Å²) in [6.45, 7) is 0.313. The van der Waals surface area contributed by atoms with Crippen LogP contribution in [-0.2, 0) is 15.8 Å². The van der Waals surface area contributed by atoms with Crippen LogP contribution in [0.1, 0.15) is 36.7 Å². The Morgan fingerprint density at radius 1 is 1.02 bits per heavy atom. The van der Waals surface area contributed by atoms with Gasteiger partial charge >= 0.3 is 12.4 Å². The third-order valence-electron chi connectivity index (χ3n) is 7.04. The molecular weight excluding hydrogens is 642 g/mol. The van der Waals surface area contributed by atoms with Crippen molar-refractivity contribution in [2.75, 3.05) is 25.5 Å². The molecule has 4 heterocycles. The van der Waals surface area contributed by atoms with Gasteiger partial charge in [-0.3, -0.25) is 14.4 Å². The van der Waals surface area contributed by atoms with Crippen LogP contribution in [0.2, 0.25) is 0 Å². The lowest BCUT2D eigenvalue weighted by Crippen LogP contribution is -2.56. The number of likely N-dealkylation sites (tertiary alicyclic amines) is 1. The first-order valence-electron chi connectivity index (χ1n) is 13.1. The van der Waals surface area contributed by atoms with E-state index in [0.717, 1.165) is 39.5 Å². The number of aromatic nitrogens is 4. The zero-order chi connectivity index (χ0) is 34.6. The standard InChI is InChI=1S/C26H25F8N7O5/c1-23(2,28)21(43)39-18-17-13(25(29,30)31)6-16(41(17)37-10-36-18)11-5-12(20(46-4)35-7-11)19(42)38-15-9-40(8-14(15)27)22(44)24(3,45)26(32,33)34/h5-7,10,14-15,45H,8-9H2,1-4H3,(H,38,42)(H,36,37,39,43)/t14-,15+,24+/m0/s1. The van der Waals surface area contributed by atoms with Crippen molar-refractivity contribution in [3.8, 4) is 17.1 Å². The molecule has 0 radical (unpaired) electrons. The molecule has 1 fully saturated rings. The summed E-state index contributed by atoms with van der Waals surface area (Å²) >= 11 is 0. The van der Waals surface area contributed by atoms with Crippen molar-refractivity contribution in [2.45, 2.75) is 56.6 Å². The monoisotopic (exact) mass is 667 g/mol. The van der Waals surface area contributed by atoms with Crippen molar-refractivity contribution in [1.82, 2.24) is 29.8 Å². The highest BCUT2D eigenvalue weighted by Crippen LogP contribution is 2.40. The van der Waals surface area contributed by atoms with Crippen molar-refractivity contribution in [3.63, 3.8) is 0 Å². The molecule has 0 aliphatic carbocycles. The van der Waals surface area contributed by atoms with Crippen molar-refractivity contribution >= 4 is 29.1 Å². The molecule has 20 heteroatoms. The normalized spacial score (nSPS) is 18.8. The molecule has 0 saturated carbocycles. The van der Waals surface area contributed by atoms with Crippen LogP contribution in [0.5, 0.6) is 5.88 Å². The second-order valence-corrected chi connectivity index (χ2v) is 10.9. The van der Waals surface area contributed by atoms with Crippen LogP contribution >= 0.6 is 0 Å². The smallest absolute Gasteiger partial charge is 0.426 e. The predicted molar refractivity (Wildman–Crippen MR) is 141 cm³/mol. The molecule has 4 rings (SSSR count). The fourth-order valence-corrected chi connectivity index (χ4v) is 4.47. The molecule has 0 aromatic carbocycles. The Kier molecular flexibility index (Phi) is 8.66. The number of amides is 3. The molecule has 0 bridgehead atoms. The molecule has 12 nitrogen and oxygen atoms in total. The number of anilines is 1. The number of carbonyl (C=O) groups excluding carboxylic acids is 3. The van der Waals surface area contributed by atoms with Gasteiger partial charge in [-0.15, -0.1) is 0 Å². The minimum absolute atomic E-state index is 0.181. The maximum absolute atomic E-state index is 14.8. The number of carbonyl (C=O) groups is 3. The third-order valence-corrected chi connectivity index (χ3v) is 7.04. The number of hydrogen-bond donors (Lipinski definition) is 3. The number of pyridine rings is 1. The number of hydrogen-bond acceptors (Lipinski definition) is 8. The number of nitrogens with zero attached hydrogens (tertiary/aromatic N) is 5. The van der Waals surface area contributed by atoms with Gasteiger partial charge in [0.15, 0.2) is 11.5 Å². The highest BCUT2D eigenvalue weighted by molar-refractivity contribution is 6.00. The van der Waals surface area contributed by atoms with Crippen LogP contribution in [0.15, 0.2) is 24.7 Å². The Hall–Kier alpha value is -4.62. The summed E-state index contributed by atoms with van der Waals surface area (Å²) in [7, 11) is 1.09.